The van der Waals surface area contributed by atoms with E-state index >= 15 is 0 Å². The first kappa shape index (κ1) is 23.8. The van der Waals surface area contributed by atoms with Gasteiger partial charge in [-0.1, -0.05) is 0 Å². The fourth-order valence-corrected chi connectivity index (χ4v) is 5.78. The van der Waals surface area contributed by atoms with Crippen LogP contribution in [-0.4, -0.2) is 73.4 Å². The van der Waals surface area contributed by atoms with E-state index in [2.05, 4.69) is 16.0 Å². The number of benzene rings is 1. The van der Waals surface area contributed by atoms with E-state index in [9.17, 15) is 34.5 Å². The van der Waals surface area contributed by atoms with Gasteiger partial charge in [0.15, 0.2) is 11.8 Å². The van der Waals surface area contributed by atoms with Gasteiger partial charge in [0, 0.05) is 24.6 Å². The average molecular weight is 477 g/mol. The van der Waals surface area contributed by atoms with Crippen LogP contribution >= 0.6 is 0 Å². The van der Waals surface area contributed by atoms with Gasteiger partial charge in [-0.05, 0) is 37.8 Å². The number of urea groups is 2. The van der Waals surface area contributed by atoms with Crippen molar-refractivity contribution in [1.82, 2.24) is 10.6 Å². The number of anilines is 1. The van der Waals surface area contributed by atoms with Crippen LogP contribution in [0.5, 0.6) is 5.75 Å². The predicted octanol–water partition coefficient (Wildman–Crippen LogP) is 1.59. The van der Waals surface area contributed by atoms with E-state index in [0.717, 1.165) is 25.3 Å². The van der Waals surface area contributed by atoms with Crippen LogP contribution in [-0.2, 0) is 4.79 Å². The molecule has 0 aromatic heterocycles. The Morgan fingerprint density at radius 1 is 1.12 bits per heavy atom. The fraction of sp³-hybridized carbons (Fsp3) is 0.545. The number of aliphatic hydroxyl groups excluding tert-OH is 1. The summed E-state index contributed by atoms with van der Waals surface area (Å²) in [7, 11) is 0. The molecule has 0 radical (unpaired) electrons. The third-order valence-electron chi connectivity index (χ3n) is 7.47. The molecular formula is C22H29N4O8+. The molecular weight excluding hydrogens is 448 g/mol. The Kier molecular flexibility index (Phi) is 6.13. The third kappa shape index (κ3) is 3.82. The van der Waals surface area contributed by atoms with E-state index in [-0.39, 0.29) is 34.6 Å². The second kappa shape index (κ2) is 8.76. The monoisotopic (exact) mass is 477 g/mol. The van der Waals surface area contributed by atoms with Crippen LogP contribution in [0, 0.1) is 5.92 Å². The summed E-state index contributed by atoms with van der Waals surface area (Å²) in [6, 6.07) is 2.76. The number of nitrogens with one attached hydrogen (secondary N) is 3. The maximum Gasteiger partial charge on any atom is 0.425 e. The number of fused-ring (bicyclic) bond motifs is 1. The van der Waals surface area contributed by atoms with E-state index in [1.165, 1.54) is 12.1 Å². The predicted molar refractivity (Wildman–Crippen MR) is 117 cm³/mol. The lowest BCUT2D eigenvalue weighted by atomic mass is 9.74. The standard InChI is InChI=1S/C22H28N4O8/c27-15-10-12(5-6-13(15)18(29)30)23-20(33)24-17-4-2-1-3-9-26(17)21(34)25-22(26)8-7-14(19(31)32)16(28)11-22/h5-6,10,14,16-17,28H,1-4,7-9,11H2,(H5-,23,24,25,27,29,30,31,32,33,34)/p+1. The van der Waals surface area contributed by atoms with E-state index < -0.39 is 47.6 Å². The van der Waals surface area contributed by atoms with Crippen molar-refractivity contribution in [3.05, 3.63) is 23.8 Å². The van der Waals surface area contributed by atoms with Gasteiger partial charge < -0.3 is 25.7 Å². The molecule has 3 fully saturated rings. The zero-order chi connectivity index (χ0) is 24.7. The number of carbonyl (C=O) groups is 4. The first-order valence-electron chi connectivity index (χ1n) is 11.3. The summed E-state index contributed by atoms with van der Waals surface area (Å²) in [6.07, 6.45) is 1.87. The molecule has 0 bridgehead atoms. The molecule has 2 aliphatic heterocycles. The second-order valence-electron chi connectivity index (χ2n) is 9.31. The van der Waals surface area contributed by atoms with Crippen LogP contribution in [0.3, 0.4) is 0 Å². The van der Waals surface area contributed by atoms with E-state index in [1.54, 1.807) is 0 Å². The Labute approximate surface area is 195 Å². The van der Waals surface area contributed by atoms with Crippen LogP contribution in [0.1, 0.15) is 55.3 Å². The number of aromatic carboxylic acids is 1. The first-order valence-corrected chi connectivity index (χ1v) is 11.3. The summed E-state index contributed by atoms with van der Waals surface area (Å²) < 4.78 is -0.0903. The van der Waals surface area contributed by atoms with Gasteiger partial charge in [0.2, 0.25) is 0 Å². The van der Waals surface area contributed by atoms with Crippen molar-refractivity contribution >= 4 is 29.7 Å². The van der Waals surface area contributed by atoms with Crippen molar-refractivity contribution in [3.8, 4) is 5.75 Å². The number of hydrogen-bond donors (Lipinski definition) is 7. The van der Waals surface area contributed by atoms with Gasteiger partial charge in [-0.3, -0.25) is 15.4 Å². The van der Waals surface area contributed by atoms with Crippen molar-refractivity contribution < 1.29 is 44.1 Å². The van der Waals surface area contributed by atoms with Gasteiger partial charge in [-0.25, -0.2) is 14.4 Å². The van der Waals surface area contributed by atoms with Crippen LogP contribution in [0.2, 0.25) is 0 Å². The molecule has 5 unspecified atom stereocenters. The molecule has 12 heteroatoms. The van der Waals surface area contributed by atoms with Crippen LogP contribution in [0.4, 0.5) is 15.3 Å². The lowest BCUT2D eigenvalue weighted by Gasteiger charge is -2.62. The molecule has 1 aromatic carbocycles. The zero-order valence-electron chi connectivity index (χ0n) is 18.5. The van der Waals surface area contributed by atoms with Crippen LogP contribution in [0.25, 0.3) is 0 Å². The maximum atomic E-state index is 13.1. The Bertz CT molecular complexity index is 1030. The summed E-state index contributed by atoms with van der Waals surface area (Å²) in [5, 5.41) is 47.2. The van der Waals surface area contributed by atoms with E-state index in [4.69, 9.17) is 5.11 Å². The summed E-state index contributed by atoms with van der Waals surface area (Å²) in [6.45, 7) is 0.454. The summed E-state index contributed by atoms with van der Waals surface area (Å²) in [5.41, 5.74) is -0.971. The number of hydrogen-bond acceptors (Lipinski definition) is 6. The number of rotatable bonds is 4. The van der Waals surface area contributed by atoms with Crippen LogP contribution in [0.15, 0.2) is 18.2 Å². The van der Waals surface area contributed by atoms with Crippen molar-refractivity contribution in [2.24, 2.45) is 5.92 Å². The number of aliphatic hydroxyl groups is 1. The Hall–Kier alpha value is -3.38. The molecule has 184 valence electrons. The number of aromatic hydroxyl groups is 1. The highest BCUT2D eigenvalue weighted by Gasteiger charge is 2.72. The van der Waals surface area contributed by atoms with Crippen molar-refractivity contribution in [2.75, 3.05) is 11.9 Å². The van der Waals surface area contributed by atoms with Gasteiger partial charge >= 0.3 is 24.0 Å². The fourth-order valence-electron chi connectivity index (χ4n) is 5.78. The number of nitrogens with zero attached hydrogens (tertiary/aromatic N) is 1. The Morgan fingerprint density at radius 2 is 1.88 bits per heavy atom. The van der Waals surface area contributed by atoms with Crippen molar-refractivity contribution in [3.63, 3.8) is 0 Å². The quantitative estimate of drug-likeness (QED) is 0.319. The number of aliphatic carboxylic acids is 1. The molecule has 2 saturated heterocycles. The lowest BCUT2D eigenvalue weighted by Crippen LogP contribution is -2.92. The number of amides is 4. The Balaban J connectivity index is 1.55. The molecule has 7 N–H and O–H groups in total. The van der Waals surface area contributed by atoms with Gasteiger partial charge in [-0.2, -0.15) is 4.48 Å². The minimum Gasteiger partial charge on any atom is -0.507 e. The maximum absolute atomic E-state index is 13.1. The summed E-state index contributed by atoms with van der Waals surface area (Å²) in [5.74, 6) is -3.76. The number of carbonyl (C=O) groups excluding carboxylic acids is 2. The third-order valence-corrected chi connectivity index (χ3v) is 7.47. The number of carboxylic acids is 2. The molecule has 5 atom stereocenters. The number of phenols is 1. The highest BCUT2D eigenvalue weighted by molar-refractivity contribution is 5.94. The molecule has 2 spiro atoms. The highest BCUT2D eigenvalue weighted by Crippen LogP contribution is 2.48. The smallest absolute Gasteiger partial charge is 0.425 e. The topological polar surface area (TPSA) is 185 Å². The molecule has 12 nitrogen and oxygen atoms in total. The SMILES string of the molecule is O=C(Nc1ccc(C(=O)O)c(O)c1)NC1CCCCC[N+]12C(=O)NC21CCC(C(=O)O)C(O)C1. The van der Waals surface area contributed by atoms with Crippen molar-refractivity contribution in [1.29, 1.82) is 0 Å². The molecule has 1 saturated carbocycles. The minimum atomic E-state index is -1.30. The molecule has 1 aromatic rings. The van der Waals surface area contributed by atoms with E-state index in [1.807, 2.05) is 0 Å². The van der Waals surface area contributed by atoms with Gasteiger partial charge in [0.25, 0.3) is 0 Å². The Morgan fingerprint density at radius 3 is 2.50 bits per heavy atom. The van der Waals surface area contributed by atoms with Crippen LogP contribution < -0.4 is 16.0 Å². The summed E-state index contributed by atoms with van der Waals surface area (Å²) >= 11 is 0. The molecule has 4 amide bonds. The zero-order valence-corrected chi connectivity index (χ0v) is 18.5. The molecule has 1 aliphatic carbocycles. The van der Waals surface area contributed by atoms with E-state index in [0.29, 0.717) is 19.4 Å². The van der Waals surface area contributed by atoms with Gasteiger partial charge in [0.05, 0.1) is 25.0 Å². The van der Waals surface area contributed by atoms with Gasteiger partial charge in [-0.15, -0.1) is 0 Å². The number of quaternary nitrogens is 1. The van der Waals surface area contributed by atoms with Crippen molar-refractivity contribution in [2.45, 2.75) is 62.9 Å². The molecule has 2 heterocycles. The molecule has 4 rings (SSSR count). The molecule has 34 heavy (non-hydrogen) atoms. The first-order chi connectivity index (χ1) is 16.1. The average Bonchev–Trinajstić information content (AvgIpc) is 2.98. The largest absolute Gasteiger partial charge is 0.507 e. The lowest BCUT2D eigenvalue weighted by molar-refractivity contribution is -0.964. The minimum absolute atomic E-state index is 0.0834. The van der Waals surface area contributed by atoms with Gasteiger partial charge in [0.1, 0.15) is 11.3 Å². The normalized spacial score (nSPS) is 32.9. The summed E-state index contributed by atoms with van der Waals surface area (Å²) in [4.78, 5) is 48.4. The molecule has 3 aliphatic rings. The number of carboxylic acid groups (broad SMARTS) is 2. The highest BCUT2D eigenvalue weighted by atomic mass is 16.4. The second-order valence-corrected chi connectivity index (χ2v) is 9.31.